The van der Waals surface area contributed by atoms with Crippen LogP contribution >= 0.6 is 15.9 Å². The summed E-state index contributed by atoms with van der Waals surface area (Å²) in [5, 5.41) is 3.15. The van der Waals surface area contributed by atoms with Gasteiger partial charge < -0.3 is 15.8 Å². The summed E-state index contributed by atoms with van der Waals surface area (Å²) < 4.78 is 6.40. The van der Waals surface area contributed by atoms with Crippen molar-refractivity contribution in [2.45, 2.75) is 13.3 Å². The van der Waals surface area contributed by atoms with E-state index in [1.165, 1.54) is 6.33 Å². The lowest BCUT2D eigenvalue weighted by Gasteiger charge is -2.12. The summed E-state index contributed by atoms with van der Waals surface area (Å²) >= 11 is 3.46. The maximum absolute atomic E-state index is 5.99. The van der Waals surface area contributed by atoms with Gasteiger partial charge in [-0.3, -0.25) is 0 Å². The molecule has 0 aliphatic rings. The number of hydrogen-bond donors (Lipinski definition) is 2. The molecule has 2 rings (SSSR count). The molecule has 0 bridgehead atoms. The Kier molecular flexibility index (Phi) is 4.57. The van der Waals surface area contributed by atoms with Crippen molar-refractivity contribution in [3.8, 4) is 5.88 Å². The summed E-state index contributed by atoms with van der Waals surface area (Å²) in [6.07, 6.45) is 2.33. The molecule has 0 fully saturated rings. The standard InChI is InChI=1S/C13H15BrN4O/c1-2-7-19-13-11(15)12(16-8-17-13)18-10-6-4-3-5-9(10)14/h3-6,8H,2,7,15H2,1H3,(H,16,17,18). The van der Waals surface area contributed by atoms with Gasteiger partial charge in [-0.15, -0.1) is 0 Å². The van der Waals surface area contributed by atoms with Gasteiger partial charge in [0.15, 0.2) is 5.82 Å². The van der Waals surface area contributed by atoms with Crippen LogP contribution in [0.15, 0.2) is 35.1 Å². The van der Waals surface area contributed by atoms with Gasteiger partial charge in [-0.05, 0) is 34.5 Å². The molecule has 0 saturated heterocycles. The Bertz CT molecular complexity index is 562. The number of nitrogen functional groups attached to an aromatic ring is 1. The summed E-state index contributed by atoms with van der Waals surface area (Å²) in [7, 11) is 0. The Morgan fingerprint density at radius 2 is 2.11 bits per heavy atom. The molecule has 1 heterocycles. The first-order valence-corrected chi connectivity index (χ1v) is 6.76. The Labute approximate surface area is 120 Å². The zero-order valence-corrected chi connectivity index (χ0v) is 12.1. The smallest absolute Gasteiger partial charge is 0.242 e. The van der Waals surface area contributed by atoms with Crippen LogP contribution in [0, 0.1) is 0 Å². The van der Waals surface area contributed by atoms with Crippen molar-refractivity contribution >= 4 is 33.1 Å². The van der Waals surface area contributed by atoms with Gasteiger partial charge in [-0.1, -0.05) is 19.1 Å². The SMILES string of the molecule is CCCOc1ncnc(Nc2ccccc2Br)c1N. The third kappa shape index (κ3) is 3.35. The van der Waals surface area contributed by atoms with E-state index in [9.17, 15) is 0 Å². The molecule has 0 aliphatic carbocycles. The third-order valence-corrected chi connectivity index (χ3v) is 3.11. The van der Waals surface area contributed by atoms with E-state index < -0.39 is 0 Å². The predicted octanol–water partition coefficient (Wildman–Crippen LogP) is 3.35. The van der Waals surface area contributed by atoms with E-state index >= 15 is 0 Å². The van der Waals surface area contributed by atoms with Crippen LogP contribution in [0.1, 0.15) is 13.3 Å². The normalized spacial score (nSPS) is 10.2. The molecule has 2 aromatic rings. The topological polar surface area (TPSA) is 73.1 Å². The quantitative estimate of drug-likeness (QED) is 0.883. The first-order valence-electron chi connectivity index (χ1n) is 5.97. The number of rotatable bonds is 5. The van der Waals surface area contributed by atoms with Gasteiger partial charge in [0.25, 0.3) is 0 Å². The molecule has 5 nitrogen and oxygen atoms in total. The highest BCUT2D eigenvalue weighted by molar-refractivity contribution is 9.10. The third-order valence-electron chi connectivity index (χ3n) is 2.42. The van der Waals surface area contributed by atoms with Gasteiger partial charge in [-0.25, -0.2) is 4.98 Å². The summed E-state index contributed by atoms with van der Waals surface area (Å²) in [5.41, 5.74) is 7.29. The molecule has 6 heteroatoms. The highest BCUT2D eigenvalue weighted by Gasteiger charge is 2.10. The second kappa shape index (κ2) is 6.38. The molecule has 0 atom stereocenters. The minimum atomic E-state index is 0.409. The second-order valence-corrected chi connectivity index (χ2v) is 4.75. The van der Waals surface area contributed by atoms with Crippen LogP contribution < -0.4 is 15.8 Å². The van der Waals surface area contributed by atoms with Gasteiger partial charge in [0.1, 0.15) is 12.0 Å². The lowest BCUT2D eigenvalue weighted by atomic mass is 10.3. The van der Waals surface area contributed by atoms with Crippen molar-refractivity contribution in [3.05, 3.63) is 35.1 Å². The van der Waals surface area contributed by atoms with Crippen LogP contribution in [-0.2, 0) is 0 Å². The Morgan fingerprint density at radius 3 is 2.84 bits per heavy atom. The van der Waals surface area contributed by atoms with Crippen molar-refractivity contribution in [2.75, 3.05) is 17.7 Å². The second-order valence-electron chi connectivity index (χ2n) is 3.89. The lowest BCUT2D eigenvalue weighted by Crippen LogP contribution is -2.06. The Balaban J connectivity index is 2.23. The average molecular weight is 323 g/mol. The number of ether oxygens (including phenoxy) is 1. The highest BCUT2D eigenvalue weighted by atomic mass is 79.9. The van der Waals surface area contributed by atoms with Crippen molar-refractivity contribution in [2.24, 2.45) is 0 Å². The van der Waals surface area contributed by atoms with Crippen LogP contribution in [0.25, 0.3) is 0 Å². The number of halogens is 1. The summed E-state index contributed by atoms with van der Waals surface area (Å²) in [6.45, 7) is 2.60. The maximum Gasteiger partial charge on any atom is 0.242 e. The molecule has 0 saturated carbocycles. The molecule has 0 radical (unpaired) electrons. The number of aromatic nitrogens is 2. The fraction of sp³-hybridized carbons (Fsp3) is 0.231. The Hall–Kier alpha value is -1.82. The van der Waals surface area contributed by atoms with E-state index in [2.05, 4.69) is 31.2 Å². The molecular weight excluding hydrogens is 308 g/mol. The Morgan fingerprint density at radius 1 is 1.32 bits per heavy atom. The van der Waals surface area contributed by atoms with E-state index in [-0.39, 0.29) is 0 Å². The van der Waals surface area contributed by atoms with Crippen LogP contribution in [-0.4, -0.2) is 16.6 Å². The average Bonchev–Trinajstić information content (AvgIpc) is 2.42. The molecule has 0 amide bonds. The van der Waals surface area contributed by atoms with Crippen molar-refractivity contribution in [3.63, 3.8) is 0 Å². The van der Waals surface area contributed by atoms with E-state index in [0.29, 0.717) is 24.0 Å². The number of para-hydroxylation sites is 1. The minimum Gasteiger partial charge on any atom is -0.476 e. The van der Waals surface area contributed by atoms with Crippen LogP contribution in [0.2, 0.25) is 0 Å². The van der Waals surface area contributed by atoms with Gasteiger partial charge in [0.05, 0.1) is 12.3 Å². The van der Waals surface area contributed by atoms with E-state index in [0.717, 1.165) is 16.6 Å². The number of anilines is 3. The van der Waals surface area contributed by atoms with Gasteiger partial charge in [-0.2, -0.15) is 4.98 Å². The molecule has 1 aromatic carbocycles. The first-order chi connectivity index (χ1) is 9.22. The van der Waals surface area contributed by atoms with Gasteiger partial charge >= 0.3 is 0 Å². The monoisotopic (exact) mass is 322 g/mol. The molecule has 0 spiro atoms. The van der Waals surface area contributed by atoms with Crippen LogP contribution in [0.5, 0.6) is 5.88 Å². The van der Waals surface area contributed by atoms with E-state index in [1.807, 2.05) is 31.2 Å². The van der Waals surface area contributed by atoms with Crippen LogP contribution in [0.3, 0.4) is 0 Å². The fourth-order valence-electron chi connectivity index (χ4n) is 1.48. The summed E-state index contributed by atoms with van der Waals surface area (Å²) in [6, 6.07) is 7.74. The van der Waals surface area contributed by atoms with Crippen molar-refractivity contribution in [1.82, 2.24) is 9.97 Å². The van der Waals surface area contributed by atoms with Crippen molar-refractivity contribution < 1.29 is 4.74 Å². The molecular formula is C13H15BrN4O. The molecule has 0 unspecified atom stereocenters. The fourth-order valence-corrected chi connectivity index (χ4v) is 1.87. The molecule has 0 aliphatic heterocycles. The number of nitrogens with one attached hydrogen (secondary N) is 1. The van der Waals surface area contributed by atoms with Crippen molar-refractivity contribution in [1.29, 1.82) is 0 Å². The highest BCUT2D eigenvalue weighted by Crippen LogP contribution is 2.30. The van der Waals surface area contributed by atoms with Crippen LogP contribution in [0.4, 0.5) is 17.2 Å². The molecule has 1 aromatic heterocycles. The number of nitrogens with two attached hydrogens (primary N) is 1. The number of benzene rings is 1. The maximum atomic E-state index is 5.99. The lowest BCUT2D eigenvalue weighted by molar-refractivity contribution is 0.307. The molecule has 3 N–H and O–H groups in total. The van der Waals surface area contributed by atoms with E-state index in [1.54, 1.807) is 0 Å². The molecule has 19 heavy (non-hydrogen) atoms. The first kappa shape index (κ1) is 13.6. The predicted molar refractivity (Wildman–Crippen MR) is 79.7 cm³/mol. The largest absolute Gasteiger partial charge is 0.476 e. The molecule has 100 valence electrons. The zero-order valence-electron chi connectivity index (χ0n) is 10.6. The van der Waals surface area contributed by atoms with E-state index in [4.69, 9.17) is 10.5 Å². The summed E-state index contributed by atoms with van der Waals surface area (Å²) in [4.78, 5) is 8.17. The number of hydrogen-bond acceptors (Lipinski definition) is 5. The zero-order chi connectivity index (χ0) is 13.7. The summed E-state index contributed by atoms with van der Waals surface area (Å²) in [5.74, 6) is 0.944. The number of nitrogens with zero attached hydrogens (tertiary/aromatic N) is 2. The minimum absolute atomic E-state index is 0.409. The van der Waals surface area contributed by atoms with Gasteiger partial charge in [0.2, 0.25) is 5.88 Å². The van der Waals surface area contributed by atoms with Gasteiger partial charge in [0, 0.05) is 4.47 Å².